The molecule has 3 heteroatoms. The molecule has 2 aliphatic rings. The molecule has 0 spiro atoms. The second-order valence-corrected chi connectivity index (χ2v) is 6.62. The third-order valence-corrected chi connectivity index (χ3v) is 5.29. The summed E-state index contributed by atoms with van der Waals surface area (Å²) in [6.07, 6.45) is 6.82. The summed E-state index contributed by atoms with van der Waals surface area (Å²) in [6.45, 7) is 4.22. The number of hydrogen-bond donors (Lipinski definition) is 1. The molecule has 1 heterocycles. The molecular formula is C18H26N2O. The smallest absolute Gasteiger partial charge is 0.241 e. The Morgan fingerprint density at radius 1 is 1.14 bits per heavy atom. The van der Waals surface area contributed by atoms with Crippen molar-refractivity contribution in [2.45, 2.75) is 45.1 Å². The van der Waals surface area contributed by atoms with E-state index >= 15 is 0 Å². The van der Waals surface area contributed by atoms with Crippen molar-refractivity contribution >= 4 is 11.6 Å². The van der Waals surface area contributed by atoms with Crippen LogP contribution in [0.4, 0.5) is 5.69 Å². The van der Waals surface area contributed by atoms with Gasteiger partial charge in [0.05, 0.1) is 6.04 Å². The van der Waals surface area contributed by atoms with Crippen LogP contribution in [0.3, 0.4) is 0 Å². The predicted molar refractivity (Wildman–Crippen MR) is 86.2 cm³/mol. The number of nitrogens with zero attached hydrogens (tertiary/aromatic N) is 1. The van der Waals surface area contributed by atoms with Crippen LogP contribution in [0.15, 0.2) is 30.3 Å². The summed E-state index contributed by atoms with van der Waals surface area (Å²) in [5.74, 6) is 1.86. The van der Waals surface area contributed by atoms with Gasteiger partial charge in [0.25, 0.3) is 0 Å². The quantitative estimate of drug-likeness (QED) is 0.922. The van der Waals surface area contributed by atoms with Gasteiger partial charge < -0.3 is 5.32 Å². The van der Waals surface area contributed by atoms with Gasteiger partial charge in [0.2, 0.25) is 5.91 Å². The van der Waals surface area contributed by atoms with E-state index in [2.05, 4.69) is 10.2 Å². The van der Waals surface area contributed by atoms with Crippen LogP contribution < -0.4 is 5.32 Å². The molecule has 2 fully saturated rings. The molecule has 114 valence electrons. The zero-order valence-electron chi connectivity index (χ0n) is 12.9. The Kier molecular flexibility index (Phi) is 4.59. The van der Waals surface area contributed by atoms with E-state index in [0.717, 1.165) is 30.6 Å². The number of piperidine rings is 1. The molecule has 3 atom stereocenters. The van der Waals surface area contributed by atoms with Crippen LogP contribution in [0.5, 0.6) is 0 Å². The Bertz CT molecular complexity index is 473. The molecule has 3 nitrogen and oxygen atoms in total. The van der Waals surface area contributed by atoms with Gasteiger partial charge in [-0.2, -0.15) is 0 Å². The van der Waals surface area contributed by atoms with Crippen LogP contribution in [-0.2, 0) is 4.79 Å². The number of nitrogens with one attached hydrogen (secondary N) is 1. The third kappa shape index (κ3) is 3.46. The molecule has 1 aromatic carbocycles. The molecule has 1 saturated heterocycles. The molecule has 0 unspecified atom stereocenters. The highest BCUT2D eigenvalue weighted by molar-refractivity contribution is 5.94. The number of rotatable bonds is 3. The maximum absolute atomic E-state index is 12.4. The molecule has 1 saturated carbocycles. The molecule has 1 amide bonds. The SMILES string of the molecule is C[C@@H](C(=O)Nc1ccccc1)N1CC[C@@H]2CCCC[C@@H]2C1. The van der Waals surface area contributed by atoms with Crippen molar-refractivity contribution in [1.82, 2.24) is 4.90 Å². The fourth-order valence-electron chi connectivity index (χ4n) is 3.91. The second kappa shape index (κ2) is 6.61. The van der Waals surface area contributed by atoms with Gasteiger partial charge in [-0.1, -0.05) is 37.5 Å². The average Bonchev–Trinajstić information content (AvgIpc) is 2.54. The van der Waals surface area contributed by atoms with Gasteiger partial charge in [-0.25, -0.2) is 0 Å². The minimum Gasteiger partial charge on any atom is -0.325 e. The van der Waals surface area contributed by atoms with Crippen LogP contribution in [0.2, 0.25) is 0 Å². The average molecular weight is 286 g/mol. The molecular weight excluding hydrogens is 260 g/mol. The minimum absolute atomic E-state index is 0.0342. The zero-order chi connectivity index (χ0) is 14.7. The second-order valence-electron chi connectivity index (χ2n) is 6.62. The first-order valence-corrected chi connectivity index (χ1v) is 8.34. The molecule has 1 N–H and O–H groups in total. The lowest BCUT2D eigenvalue weighted by molar-refractivity contribution is -0.122. The lowest BCUT2D eigenvalue weighted by atomic mass is 9.75. The molecule has 3 rings (SSSR count). The van der Waals surface area contributed by atoms with E-state index in [0.29, 0.717) is 0 Å². The van der Waals surface area contributed by atoms with Crippen molar-refractivity contribution in [3.05, 3.63) is 30.3 Å². The highest BCUT2D eigenvalue weighted by Gasteiger charge is 2.34. The first-order valence-electron chi connectivity index (χ1n) is 8.34. The number of fused-ring (bicyclic) bond motifs is 1. The Hall–Kier alpha value is -1.35. The molecule has 1 aliphatic carbocycles. The third-order valence-electron chi connectivity index (χ3n) is 5.29. The molecule has 0 aromatic heterocycles. The van der Waals surface area contributed by atoms with Gasteiger partial charge in [-0.3, -0.25) is 9.69 Å². The van der Waals surface area contributed by atoms with Crippen LogP contribution in [0.25, 0.3) is 0 Å². The Balaban J connectivity index is 1.57. The van der Waals surface area contributed by atoms with Crippen molar-refractivity contribution in [1.29, 1.82) is 0 Å². The summed E-state index contributed by atoms with van der Waals surface area (Å²) in [6, 6.07) is 9.72. The Morgan fingerprint density at radius 3 is 2.62 bits per heavy atom. The van der Waals surface area contributed by atoms with Crippen molar-refractivity contribution in [3.63, 3.8) is 0 Å². The van der Waals surface area contributed by atoms with Gasteiger partial charge in [-0.05, 0) is 50.3 Å². The summed E-state index contributed by atoms with van der Waals surface area (Å²) in [5.41, 5.74) is 0.891. The van der Waals surface area contributed by atoms with Crippen LogP contribution in [0.1, 0.15) is 39.0 Å². The minimum atomic E-state index is -0.0342. The van der Waals surface area contributed by atoms with E-state index in [1.807, 2.05) is 37.3 Å². The van der Waals surface area contributed by atoms with E-state index in [9.17, 15) is 4.79 Å². The maximum atomic E-state index is 12.4. The summed E-state index contributed by atoms with van der Waals surface area (Å²) < 4.78 is 0. The number of hydrogen-bond acceptors (Lipinski definition) is 2. The number of anilines is 1. The lowest BCUT2D eigenvalue weighted by Crippen LogP contribution is -2.49. The van der Waals surface area contributed by atoms with Gasteiger partial charge in [-0.15, -0.1) is 0 Å². The fraction of sp³-hybridized carbons (Fsp3) is 0.611. The van der Waals surface area contributed by atoms with Gasteiger partial charge in [0.1, 0.15) is 0 Å². The normalized spacial score (nSPS) is 27.7. The Morgan fingerprint density at radius 2 is 1.86 bits per heavy atom. The number of para-hydroxylation sites is 1. The van der Waals surface area contributed by atoms with Crippen molar-refractivity contribution in [2.24, 2.45) is 11.8 Å². The van der Waals surface area contributed by atoms with Crippen molar-refractivity contribution in [2.75, 3.05) is 18.4 Å². The molecule has 1 aromatic rings. The number of benzene rings is 1. The zero-order valence-corrected chi connectivity index (χ0v) is 12.9. The predicted octanol–water partition coefficient (Wildman–Crippen LogP) is 3.53. The Labute approximate surface area is 127 Å². The summed E-state index contributed by atoms with van der Waals surface area (Å²) in [5, 5.41) is 3.03. The number of amides is 1. The van der Waals surface area contributed by atoms with E-state index in [1.54, 1.807) is 0 Å². The first kappa shape index (κ1) is 14.6. The summed E-state index contributed by atoms with van der Waals surface area (Å²) in [4.78, 5) is 14.8. The van der Waals surface area contributed by atoms with E-state index in [1.165, 1.54) is 32.1 Å². The van der Waals surface area contributed by atoms with E-state index < -0.39 is 0 Å². The fourth-order valence-corrected chi connectivity index (χ4v) is 3.91. The summed E-state index contributed by atoms with van der Waals surface area (Å²) >= 11 is 0. The maximum Gasteiger partial charge on any atom is 0.241 e. The lowest BCUT2D eigenvalue weighted by Gasteiger charge is -2.43. The van der Waals surface area contributed by atoms with E-state index in [-0.39, 0.29) is 11.9 Å². The largest absolute Gasteiger partial charge is 0.325 e. The molecule has 0 radical (unpaired) electrons. The van der Waals surface area contributed by atoms with Gasteiger partial charge in [0.15, 0.2) is 0 Å². The van der Waals surface area contributed by atoms with E-state index in [4.69, 9.17) is 0 Å². The van der Waals surface area contributed by atoms with Gasteiger partial charge >= 0.3 is 0 Å². The van der Waals surface area contributed by atoms with Crippen molar-refractivity contribution in [3.8, 4) is 0 Å². The van der Waals surface area contributed by atoms with Gasteiger partial charge in [0, 0.05) is 12.2 Å². The van der Waals surface area contributed by atoms with Crippen LogP contribution >= 0.6 is 0 Å². The summed E-state index contributed by atoms with van der Waals surface area (Å²) in [7, 11) is 0. The van der Waals surface area contributed by atoms with Crippen LogP contribution in [-0.4, -0.2) is 29.9 Å². The standard InChI is InChI=1S/C18H26N2O/c1-14(18(21)19-17-9-3-2-4-10-17)20-12-11-15-7-5-6-8-16(15)13-20/h2-4,9-10,14-16H,5-8,11-13H2,1H3,(H,19,21)/t14-,15-,16+/m0/s1. The number of likely N-dealkylation sites (tertiary alicyclic amines) is 1. The number of carbonyl (C=O) groups excluding carboxylic acids is 1. The molecule has 0 bridgehead atoms. The monoisotopic (exact) mass is 286 g/mol. The first-order chi connectivity index (χ1) is 10.2. The molecule has 21 heavy (non-hydrogen) atoms. The van der Waals surface area contributed by atoms with Crippen LogP contribution in [0, 0.1) is 11.8 Å². The molecule has 1 aliphatic heterocycles. The van der Waals surface area contributed by atoms with Crippen molar-refractivity contribution < 1.29 is 4.79 Å². The highest BCUT2D eigenvalue weighted by Crippen LogP contribution is 2.36. The number of carbonyl (C=O) groups is 1. The topological polar surface area (TPSA) is 32.3 Å². The highest BCUT2D eigenvalue weighted by atomic mass is 16.2.